The molecule has 1 aromatic rings. The number of aryl methyl sites for hydroxylation is 1. The summed E-state index contributed by atoms with van der Waals surface area (Å²) in [6.07, 6.45) is 5.73. The van der Waals surface area contributed by atoms with Crippen LogP contribution in [0.25, 0.3) is 0 Å². The topological polar surface area (TPSA) is 92.5 Å². The zero-order valence-corrected chi connectivity index (χ0v) is 16.9. The third-order valence-electron chi connectivity index (χ3n) is 5.95. The highest BCUT2D eigenvalue weighted by Crippen LogP contribution is 2.27. The van der Waals surface area contributed by atoms with Crippen molar-refractivity contribution in [2.45, 2.75) is 56.4 Å². The molecule has 27 heavy (non-hydrogen) atoms. The van der Waals surface area contributed by atoms with Gasteiger partial charge in [0.05, 0.1) is 10.8 Å². The van der Waals surface area contributed by atoms with Crippen LogP contribution in [0.4, 0.5) is 0 Å². The molecule has 2 fully saturated rings. The van der Waals surface area contributed by atoms with Gasteiger partial charge in [-0.1, -0.05) is 30.5 Å². The molecule has 3 rings (SSSR count). The minimum absolute atomic E-state index is 0.0239. The first-order chi connectivity index (χ1) is 12.9. The number of hydrogen-bond donors (Lipinski definition) is 2. The van der Waals surface area contributed by atoms with Gasteiger partial charge >= 0.3 is 0 Å². The molecule has 7 heteroatoms. The summed E-state index contributed by atoms with van der Waals surface area (Å²) in [5.74, 6) is 0.0159. The van der Waals surface area contributed by atoms with Crippen LogP contribution in [0, 0.1) is 18.8 Å². The Morgan fingerprint density at radius 2 is 1.85 bits per heavy atom. The van der Waals surface area contributed by atoms with Crippen LogP contribution in [-0.4, -0.2) is 44.3 Å². The Hall–Kier alpha value is -1.44. The van der Waals surface area contributed by atoms with Gasteiger partial charge in [-0.2, -0.15) is 4.31 Å². The summed E-state index contributed by atoms with van der Waals surface area (Å²) in [6, 6.07) is 7.01. The molecule has 0 aromatic heterocycles. The van der Waals surface area contributed by atoms with Crippen molar-refractivity contribution in [3.63, 3.8) is 0 Å². The van der Waals surface area contributed by atoms with Crippen LogP contribution in [0.5, 0.6) is 0 Å². The molecule has 1 heterocycles. The van der Waals surface area contributed by atoms with Crippen molar-refractivity contribution in [3.05, 3.63) is 29.8 Å². The van der Waals surface area contributed by atoms with Crippen molar-refractivity contribution >= 4 is 15.9 Å². The highest BCUT2D eigenvalue weighted by molar-refractivity contribution is 7.89. The van der Waals surface area contributed by atoms with E-state index >= 15 is 0 Å². The average molecular weight is 394 g/mol. The first-order valence-electron chi connectivity index (χ1n) is 9.99. The second-order valence-corrected chi connectivity index (χ2v) is 9.85. The van der Waals surface area contributed by atoms with Crippen molar-refractivity contribution < 1.29 is 13.2 Å². The van der Waals surface area contributed by atoms with Gasteiger partial charge in [-0.15, -0.1) is 0 Å². The van der Waals surface area contributed by atoms with Crippen molar-refractivity contribution in [2.75, 3.05) is 19.6 Å². The highest BCUT2D eigenvalue weighted by Gasteiger charge is 2.35. The van der Waals surface area contributed by atoms with Gasteiger partial charge in [-0.3, -0.25) is 4.79 Å². The predicted molar refractivity (Wildman–Crippen MR) is 106 cm³/mol. The monoisotopic (exact) mass is 393 g/mol. The molecule has 0 bridgehead atoms. The van der Waals surface area contributed by atoms with Gasteiger partial charge in [0, 0.05) is 19.1 Å². The maximum atomic E-state index is 12.9. The Bertz CT molecular complexity index is 748. The van der Waals surface area contributed by atoms with Gasteiger partial charge in [0.15, 0.2) is 0 Å². The lowest BCUT2D eigenvalue weighted by molar-refractivity contribution is -0.127. The summed E-state index contributed by atoms with van der Waals surface area (Å²) >= 11 is 0. The quantitative estimate of drug-likeness (QED) is 0.801. The van der Waals surface area contributed by atoms with E-state index in [0.717, 1.165) is 31.2 Å². The van der Waals surface area contributed by atoms with Crippen LogP contribution in [0.2, 0.25) is 0 Å². The fourth-order valence-corrected chi connectivity index (χ4v) is 5.74. The van der Waals surface area contributed by atoms with Crippen molar-refractivity contribution in [2.24, 2.45) is 17.6 Å². The smallest absolute Gasteiger partial charge is 0.243 e. The summed E-state index contributed by atoms with van der Waals surface area (Å²) in [5, 5.41) is 3.17. The van der Waals surface area contributed by atoms with Crippen molar-refractivity contribution in [1.82, 2.24) is 9.62 Å². The maximum Gasteiger partial charge on any atom is 0.243 e. The van der Waals surface area contributed by atoms with Crippen LogP contribution < -0.4 is 11.1 Å². The number of sulfonamides is 1. The molecule has 2 aliphatic rings. The number of carbonyl (C=O) groups excluding carboxylic acids is 1. The van der Waals surface area contributed by atoms with Gasteiger partial charge in [0.2, 0.25) is 15.9 Å². The normalized spacial score (nSPS) is 27.3. The number of piperidine rings is 1. The molecular formula is C20H31N3O3S. The summed E-state index contributed by atoms with van der Waals surface area (Å²) in [5.41, 5.74) is 6.88. The van der Waals surface area contributed by atoms with E-state index in [4.69, 9.17) is 5.73 Å². The van der Waals surface area contributed by atoms with E-state index in [0.29, 0.717) is 30.3 Å². The number of hydrogen-bond acceptors (Lipinski definition) is 4. The third kappa shape index (κ3) is 4.70. The molecular weight excluding hydrogens is 362 g/mol. The molecule has 3 unspecified atom stereocenters. The lowest BCUT2D eigenvalue weighted by Gasteiger charge is -2.35. The molecule has 1 aromatic carbocycles. The molecule has 1 aliphatic heterocycles. The van der Waals surface area contributed by atoms with Gasteiger partial charge in [0.25, 0.3) is 0 Å². The second-order valence-electron chi connectivity index (χ2n) is 7.91. The van der Waals surface area contributed by atoms with E-state index in [1.807, 2.05) is 6.92 Å². The molecule has 150 valence electrons. The standard InChI is InChI=1S/C20H31N3O3S/c1-15-8-10-18(11-9-15)27(25,26)23-12-4-6-17(14-23)20(24)22-19-7-3-2-5-16(19)13-21/h8-11,16-17,19H,2-7,12-14,21H2,1H3,(H,22,24). The van der Waals surface area contributed by atoms with Crippen LogP contribution in [-0.2, 0) is 14.8 Å². The molecule has 3 atom stereocenters. The average Bonchev–Trinajstić information content (AvgIpc) is 2.69. The fourth-order valence-electron chi connectivity index (χ4n) is 4.21. The Morgan fingerprint density at radius 3 is 2.56 bits per heavy atom. The van der Waals surface area contributed by atoms with Crippen LogP contribution in [0.1, 0.15) is 44.1 Å². The minimum Gasteiger partial charge on any atom is -0.353 e. The predicted octanol–water partition coefficient (Wildman–Crippen LogP) is 2.03. The first kappa shape index (κ1) is 20.3. The lowest BCUT2D eigenvalue weighted by Crippen LogP contribution is -2.50. The maximum absolute atomic E-state index is 12.9. The SMILES string of the molecule is Cc1ccc(S(=O)(=O)N2CCCC(C(=O)NC3CCCCC3CN)C2)cc1. The molecule has 1 amide bonds. The zero-order valence-electron chi connectivity index (χ0n) is 16.1. The molecule has 3 N–H and O–H groups in total. The minimum atomic E-state index is -3.56. The van der Waals surface area contributed by atoms with Crippen LogP contribution in [0.3, 0.4) is 0 Å². The van der Waals surface area contributed by atoms with Crippen LogP contribution >= 0.6 is 0 Å². The molecule has 6 nitrogen and oxygen atoms in total. The Balaban J connectivity index is 1.66. The van der Waals surface area contributed by atoms with Gasteiger partial charge in [-0.25, -0.2) is 8.42 Å². The number of nitrogens with one attached hydrogen (secondary N) is 1. The summed E-state index contributed by atoms with van der Waals surface area (Å²) in [6.45, 7) is 3.23. The van der Waals surface area contributed by atoms with E-state index < -0.39 is 10.0 Å². The fraction of sp³-hybridized carbons (Fsp3) is 0.650. The summed E-state index contributed by atoms with van der Waals surface area (Å²) < 4.78 is 27.3. The van der Waals surface area contributed by atoms with E-state index in [1.54, 1.807) is 24.3 Å². The highest BCUT2D eigenvalue weighted by atomic mass is 32.2. The van der Waals surface area contributed by atoms with Gasteiger partial charge in [0.1, 0.15) is 0 Å². The molecule has 1 saturated heterocycles. The Morgan fingerprint density at radius 1 is 1.15 bits per heavy atom. The molecule has 1 saturated carbocycles. The van der Waals surface area contributed by atoms with Crippen LogP contribution in [0.15, 0.2) is 29.2 Å². The number of carbonyl (C=O) groups is 1. The number of rotatable bonds is 5. The zero-order chi connectivity index (χ0) is 19.4. The largest absolute Gasteiger partial charge is 0.353 e. The van der Waals surface area contributed by atoms with E-state index in [2.05, 4.69) is 5.32 Å². The van der Waals surface area contributed by atoms with E-state index in [-0.39, 0.29) is 24.4 Å². The Kier molecular flexibility index (Phi) is 6.55. The second kappa shape index (κ2) is 8.71. The summed E-state index contributed by atoms with van der Waals surface area (Å²) in [4.78, 5) is 13.1. The first-order valence-corrected chi connectivity index (χ1v) is 11.4. The third-order valence-corrected chi connectivity index (χ3v) is 7.83. The number of benzene rings is 1. The number of nitrogens with two attached hydrogens (primary N) is 1. The lowest BCUT2D eigenvalue weighted by atomic mass is 9.84. The van der Waals surface area contributed by atoms with E-state index in [9.17, 15) is 13.2 Å². The van der Waals surface area contributed by atoms with Gasteiger partial charge < -0.3 is 11.1 Å². The molecule has 0 radical (unpaired) electrons. The summed E-state index contributed by atoms with van der Waals surface area (Å²) in [7, 11) is -3.56. The molecule has 0 spiro atoms. The number of nitrogens with zero attached hydrogens (tertiary/aromatic N) is 1. The van der Waals surface area contributed by atoms with Gasteiger partial charge in [-0.05, 0) is 57.2 Å². The molecule has 1 aliphatic carbocycles. The van der Waals surface area contributed by atoms with Crippen molar-refractivity contribution in [3.8, 4) is 0 Å². The van der Waals surface area contributed by atoms with Crippen molar-refractivity contribution in [1.29, 1.82) is 0 Å². The van der Waals surface area contributed by atoms with E-state index in [1.165, 1.54) is 10.7 Å². The number of amides is 1. The Labute approximate surface area is 162 Å².